The molecule has 160 valence electrons. The predicted molar refractivity (Wildman–Crippen MR) is 117 cm³/mol. The minimum atomic E-state index is -0.528. The fourth-order valence-corrected chi connectivity index (χ4v) is 3.54. The third-order valence-electron chi connectivity index (χ3n) is 5.05. The molecule has 3 aromatic rings. The molecule has 0 spiro atoms. The van der Waals surface area contributed by atoms with Gasteiger partial charge in [0.25, 0.3) is 5.91 Å². The number of carbonyl (C=O) groups excluding carboxylic acids is 2. The molecule has 0 unspecified atom stereocenters. The molecule has 2 aromatic carbocycles. The van der Waals surface area contributed by atoms with E-state index in [-0.39, 0.29) is 5.91 Å². The summed E-state index contributed by atoms with van der Waals surface area (Å²) in [5, 5.41) is 19.4. The quantitative estimate of drug-likeness (QED) is 0.598. The number of nitrogens with zero attached hydrogens (tertiary/aromatic N) is 4. The van der Waals surface area contributed by atoms with Crippen LogP contribution in [0, 0.1) is 11.3 Å². The molecule has 2 heterocycles. The molecule has 4 rings (SSSR count). The van der Waals surface area contributed by atoms with Gasteiger partial charge in [-0.05, 0) is 55.8 Å². The van der Waals surface area contributed by atoms with Gasteiger partial charge in [-0.15, -0.1) is 0 Å². The Hall–Kier alpha value is -4.45. The number of fused-ring (bicyclic) bond motifs is 1. The topological polar surface area (TPSA) is 122 Å². The van der Waals surface area contributed by atoms with Crippen LogP contribution in [0.2, 0.25) is 0 Å². The Balaban J connectivity index is 1.64. The van der Waals surface area contributed by atoms with Gasteiger partial charge >= 0.3 is 5.97 Å². The minimum absolute atomic E-state index is 0.290. The van der Waals surface area contributed by atoms with E-state index < -0.39 is 12.0 Å². The van der Waals surface area contributed by atoms with Crippen LogP contribution in [-0.2, 0) is 9.53 Å². The van der Waals surface area contributed by atoms with Crippen LogP contribution in [-0.4, -0.2) is 33.2 Å². The molecule has 2 N–H and O–H groups in total. The van der Waals surface area contributed by atoms with Crippen molar-refractivity contribution >= 4 is 23.5 Å². The summed E-state index contributed by atoms with van der Waals surface area (Å²) in [5.74, 6) is -0.221. The number of nitrogens with one attached hydrogen (secondary N) is 2. The summed E-state index contributed by atoms with van der Waals surface area (Å²) >= 11 is 0. The van der Waals surface area contributed by atoms with Crippen LogP contribution in [0.1, 0.15) is 41.4 Å². The summed E-state index contributed by atoms with van der Waals surface area (Å²) < 4.78 is 6.62. The lowest BCUT2D eigenvalue weighted by Crippen LogP contribution is -2.31. The van der Waals surface area contributed by atoms with Crippen molar-refractivity contribution in [3.63, 3.8) is 0 Å². The second-order valence-electron chi connectivity index (χ2n) is 7.08. The molecular weight excluding hydrogens is 408 g/mol. The van der Waals surface area contributed by atoms with Crippen molar-refractivity contribution in [1.29, 1.82) is 5.26 Å². The number of nitriles is 1. The van der Waals surface area contributed by atoms with Crippen molar-refractivity contribution in [2.24, 2.45) is 0 Å². The van der Waals surface area contributed by atoms with Crippen LogP contribution in [0.5, 0.6) is 0 Å². The zero-order chi connectivity index (χ0) is 22.7. The van der Waals surface area contributed by atoms with E-state index >= 15 is 0 Å². The number of aromatic nitrogens is 3. The van der Waals surface area contributed by atoms with Gasteiger partial charge < -0.3 is 15.4 Å². The van der Waals surface area contributed by atoms with E-state index in [1.807, 2.05) is 0 Å². The number of ether oxygens (including phenoxy) is 1. The largest absolute Gasteiger partial charge is 0.462 e. The first-order valence-corrected chi connectivity index (χ1v) is 9.97. The highest BCUT2D eigenvalue weighted by atomic mass is 16.5. The van der Waals surface area contributed by atoms with E-state index in [2.05, 4.69) is 26.8 Å². The summed E-state index contributed by atoms with van der Waals surface area (Å²) in [5.41, 5.74) is 3.35. The lowest BCUT2D eigenvalue weighted by molar-refractivity contribution is -0.113. The molecule has 1 amide bonds. The van der Waals surface area contributed by atoms with E-state index in [0.29, 0.717) is 40.6 Å². The molecule has 32 heavy (non-hydrogen) atoms. The Morgan fingerprint density at radius 2 is 1.91 bits per heavy atom. The maximum atomic E-state index is 13.3. The van der Waals surface area contributed by atoms with Gasteiger partial charge in [0.2, 0.25) is 5.95 Å². The van der Waals surface area contributed by atoms with Crippen LogP contribution in [0.3, 0.4) is 0 Å². The molecule has 0 saturated carbocycles. The van der Waals surface area contributed by atoms with Crippen molar-refractivity contribution in [3.05, 3.63) is 82.8 Å². The summed E-state index contributed by atoms with van der Waals surface area (Å²) in [6, 6.07) is 15.1. The third kappa shape index (κ3) is 3.94. The smallest absolute Gasteiger partial charge is 0.338 e. The molecule has 1 atom stereocenters. The number of allylic oxidation sites excluding steroid dienone is 1. The fourth-order valence-electron chi connectivity index (χ4n) is 3.54. The molecule has 0 saturated heterocycles. The van der Waals surface area contributed by atoms with Gasteiger partial charge in [-0.1, -0.05) is 12.1 Å². The SMILES string of the molecule is CCOC(=O)c1ccc(NC(=O)C2=C(C)Nc3ncnn3[C@H]2c2ccc(C#N)cc2)cc1. The molecule has 0 radical (unpaired) electrons. The van der Waals surface area contributed by atoms with E-state index in [4.69, 9.17) is 10.00 Å². The highest BCUT2D eigenvalue weighted by Gasteiger charge is 2.33. The first-order chi connectivity index (χ1) is 15.5. The summed E-state index contributed by atoms with van der Waals surface area (Å²) in [6.07, 6.45) is 1.42. The van der Waals surface area contributed by atoms with Gasteiger partial charge in [0.05, 0.1) is 29.4 Å². The van der Waals surface area contributed by atoms with Crippen molar-refractivity contribution < 1.29 is 14.3 Å². The van der Waals surface area contributed by atoms with Gasteiger partial charge in [-0.3, -0.25) is 4.79 Å². The van der Waals surface area contributed by atoms with Crippen LogP contribution in [0.15, 0.2) is 66.1 Å². The Morgan fingerprint density at radius 1 is 1.19 bits per heavy atom. The molecular formula is C23H20N6O3. The number of esters is 1. The molecule has 0 fully saturated rings. The molecule has 1 aliphatic rings. The van der Waals surface area contributed by atoms with Crippen LogP contribution in [0.25, 0.3) is 0 Å². The van der Waals surface area contributed by atoms with E-state index in [1.54, 1.807) is 67.1 Å². The zero-order valence-corrected chi connectivity index (χ0v) is 17.5. The first-order valence-electron chi connectivity index (χ1n) is 9.97. The Kier molecular flexibility index (Phi) is 5.68. The second-order valence-corrected chi connectivity index (χ2v) is 7.08. The number of hydrogen-bond acceptors (Lipinski definition) is 7. The van der Waals surface area contributed by atoms with E-state index in [1.165, 1.54) is 6.33 Å². The first kappa shape index (κ1) is 20.8. The lowest BCUT2D eigenvalue weighted by Gasteiger charge is -2.28. The van der Waals surface area contributed by atoms with Gasteiger partial charge in [-0.2, -0.15) is 15.3 Å². The Morgan fingerprint density at radius 3 is 2.56 bits per heavy atom. The van der Waals surface area contributed by atoms with Crippen molar-refractivity contribution in [1.82, 2.24) is 14.8 Å². The Labute approximate surface area is 184 Å². The minimum Gasteiger partial charge on any atom is -0.462 e. The molecule has 9 heteroatoms. The molecule has 1 aromatic heterocycles. The maximum absolute atomic E-state index is 13.3. The summed E-state index contributed by atoms with van der Waals surface area (Å²) in [4.78, 5) is 29.4. The molecule has 0 bridgehead atoms. The Bertz CT molecular complexity index is 1240. The standard InChI is InChI=1S/C23H20N6O3/c1-3-32-22(31)17-8-10-18(11-9-17)28-21(30)19-14(2)27-23-25-13-26-29(23)20(19)16-6-4-15(12-24)5-7-16/h4-11,13,20H,3H2,1-2H3,(H,28,30)(H,25,26,27)/t20-/m0/s1. The predicted octanol–water partition coefficient (Wildman–Crippen LogP) is 3.25. The van der Waals surface area contributed by atoms with Crippen molar-refractivity contribution in [2.75, 3.05) is 17.2 Å². The number of anilines is 2. The van der Waals surface area contributed by atoms with Crippen LogP contribution < -0.4 is 10.6 Å². The van der Waals surface area contributed by atoms with Crippen LogP contribution >= 0.6 is 0 Å². The van der Waals surface area contributed by atoms with Crippen molar-refractivity contribution in [2.45, 2.75) is 19.9 Å². The average Bonchev–Trinajstić information content (AvgIpc) is 3.27. The van der Waals surface area contributed by atoms with Gasteiger partial charge in [0.15, 0.2) is 0 Å². The number of amides is 1. The highest BCUT2D eigenvalue weighted by molar-refractivity contribution is 6.06. The monoisotopic (exact) mass is 428 g/mol. The van der Waals surface area contributed by atoms with Crippen LogP contribution in [0.4, 0.5) is 11.6 Å². The summed E-state index contributed by atoms with van der Waals surface area (Å²) in [7, 11) is 0. The van der Waals surface area contributed by atoms with E-state index in [9.17, 15) is 9.59 Å². The number of benzene rings is 2. The molecule has 9 nitrogen and oxygen atoms in total. The van der Waals surface area contributed by atoms with Gasteiger partial charge in [-0.25, -0.2) is 9.48 Å². The molecule has 1 aliphatic heterocycles. The number of carbonyl (C=O) groups is 2. The molecule has 0 aliphatic carbocycles. The highest BCUT2D eigenvalue weighted by Crippen LogP contribution is 2.35. The second kappa shape index (κ2) is 8.73. The van der Waals surface area contributed by atoms with Gasteiger partial charge in [0.1, 0.15) is 12.4 Å². The maximum Gasteiger partial charge on any atom is 0.338 e. The normalized spacial score (nSPS) is 14.7. The van der Waals surface area contributed by atoms with E-state index in [0.717, 1.165) is 5.56 Å². The average molecular weight is 428 g/mol. The lowest BCUT2D eigenvalue weighted by atomic mass is 9.94. The van der Waals surface area contributed by atoms with Crippen molar-refractivity contribution in [3.8, 4) is 6.07 Å². The van der Waals surface area contributed by atoms with Gasteiger partial charge in [0, 0.05) is 11.4 Å². The fraction of sp³-hybridized carbons (Fsp3) is 0.174. The number of rotatable bonds is 5. The summed E-state index contributed by atoms with van der Waals surface area (Å²) in [6.45, 7) is 3.83. The zero-order valence-electron chi connectivity index (χ0n) is 17.5. The number of hydrogen-bond donors (Lipinski definition) is 2. The third-order valence-corrected chi connectivity index (χ3v) is 5.05.